The molecule has 28 heavy (non-hydrogen) atoms. The molecule has 1 unspecified atom stereocenters. The maximum atomic E-state index is 12.5. The first-order valence-corrected chi connectivity index (χ1v) is 10.6. The topological polar surface area (TPSA) is 71.1 Å². The molecule has 0 aliphatic rings. The summed E-state index contributed by atoms with van der Waals surface area (Å²) in [6, 6.07) is 14.8. The quantitative estimate of drug-likeness (QED) is 0.502. The number of nitrogens with zero attached hydrogens (tertiary/aromatic N) is 1. The molecule has 144 valence electrons. The molecule has 5 nitrogen and oxygen atoms in total. The second-order valence-electron chi connectivity index (χ2n) is 6.00. The first kappa shape index (κ1) is 20.4. The van der Waals surface area contributed by atoms with Crippen LogP contribution in [0.2, 0.25) is 5.02 Å². The summed E-state index contributed by atoms with van der Waals surface area (Å²) in [4.78, 5) is 29.0. The van der Waals surface area contributed by atoms with E-state index in [1.807, 2.05) is 60.8 Å². The van der Waals surface area contributed by atoms with Crippen LogP contribution >= 0.6 is 34.7 Å². The number of thioether (sulfide) groups is 1. The summed E-state index contributed by atoms with van der Waals surface area (Å²) >= 11 is 8.73. The number of amides is 2. The summed E-state index contributed by atoms with van der Waals surface area (Å²) in [5.41, 5.74) is 2.47. The molecule has 1 aromatic heterocycles. The van der Waals surface area contributed by atoms with E-state index in [-0.39, 0.29) is 17.1 Å². The molecule has 0 aliphatic heterocycles. The molecular formula is C20H18ClN3O2S2. The van der Waals surface area contributed by atoms with Gasteiger partial charge in [-0.25, -0.2) is 4.98 Å². The van der Waals surface area contributed by atoms with Crippen molar-refractivity contribution in [1.29, 1.82) is 0 Å². The van der Waals surface area contributed by atoms with Gasteiger partial charge in [0.1, 0.15) is 0 Å². The average Bonchev–Trinajstić information content (AvgIpc) is 3.12. The Morgan fingerprint density at radius 1 is 1.07 bits per heavy atom. The molecule has 0 aliphatic carbocycles. The fourth-order valence-electron chi connectivity index (χ4n) is 2.37. The van der Waals surface area contributed by atoms with Crippen LogP contribution in [-0.2, 0) is 9.59 Å². The summed E-state index contributed by atoms with van der Waals surface area (Å²) in [5.74, 6) is -0.234. The number of benzene rings is 2. The molecule has 0 saturated heterocycles. The molecule has 8 heteroatoms. The SMILES string of the molecule is CC(=O)Nc1ccc(SC(C)C(=O)Nc2nc(-c3ccc(Cl)cc3)cs2)cc1. The van der Waals surface area contributed by atoms with Gasteiger partial charge in [-0.15, -0.1) is 23.1 Å². The van der Waals surface area contributed by atoms with Crippen molar-refractivity contribution in [3.05, 3.63) is 58.9 Å². The zero-order valence-corrected chi connectivity index (χ0v) is 17.6. The Bertz CT molecular complexity index is 972. The Kier molecular flexibility index (Phi) is 6.72. The highest BCUT2D eigenvalue weighted by Crippen LogP contribution is 2.28. The molecular weight excluding hydrogens is 414 g/mol. The number of halogens is 1. The summed E-state index contributed by atoms with van der Waals surface area (Å²) in [5, 5.41) is 8.42. The lowest BCUT2D eigenvalue weighted by Gasteiger charge is -2.11. The van der Waals surface area contributed by atoms with E-state index in [0.29, 0.717) is 10.2 Å². The van der Waals surface area contributed by atoms with Crippen molar-refractivity contribution in [2.45, 2.75) is 24.0 Å². The van der Waals surface area contributed by atoms with E-state index in [2.05, 4.69) is 15.6 Å². The summed E-state index contributed by atoms with van der Waals surface area (Å²) < 4.78 is 0. The molecule has 2 amide bonds. The number of carbonyl (C=O) groups excluding carboxylic acids is 2. The third kappa shape index (κ3) is 5.58. The van der Waals surface area contributed by atoms with Gasteiger partial charge in [-0.05, 0) is 43.3 Å². The Balaban J connectivity index is 1.58. The monoisotopic (exact) mass is 431 g/mol. The Morgan fingerprint density at radius 3 is 2.39 bits per heavy atom. The normalized spacial score (nSPS) is 11.7. The van der Waals surface area contributed by atoms with E-state index >= 15 is 0 Å². The van der Waals surface area contributed by atoms with Gasteiger partial charge in [0.15, 0.2) is 5.13 Å². The number of rotatable bonds is 6. The molecule has 2 aromatic carbocycles. The van der Waals surface area contributed by atoms with E-state index < -0.39 is 0 Å². The minimum absolute atomic E-state index is 0.116. The Hall–Kier alpha value is -2.35. The zero-order valence-electron chi connectivity index (χ0n) is 15.2. The van der Waals surface area contributed by atoms with E-state index in [0.717, 1.165) is 21.8 Å². The lowest BCUT2D eigenvalue weighted by atomic mass is 10.2. The molecule has 0 bridgehead atoms. The van der Waals surface area contributed by atoms with Crippen molar-refractivity contribution < 1.29 is 9.59 Å². The van der Waals surface area contributed by atoms with Gasteiger partial charge in [0.05, 0.1) is 10.9 Å². The number of thiazole rings is 1. The highest BCUT2D eigenvalue weighted by Gasteiger charge is 2.16. The predicted octanol–water partition coefficient (Wildman–Crippen LogP) is 5.54. The predicted molar refractivity (Wildman–Crippen MR) is 117 cm³/mol. The minimum atomic E-state index is -0.297. The van der Waals surface area contributed by atoms with Crippen LogP contribution < -0.4 is 10.6 Å². The number of carbonyl (C=O) groups is 2. The number of nitrogens with one attached hydrogen (secondary N) is 2. The van der Waals surface area contributed by atoms with Gasteiger partial charge in [-0.2, -0.15) is 0 Å². The number of aromatic nitrogens is 1. The van der Waals surface area contributed by atoms with Gasteiger partial charge in [0.25, 0.3) is 0 Å². The van der Waals surface area contributed by atoms with Crippen molar-refractivity contribution >= 4 is 57.3 Å². The average molecular weight is 432 g/mol. The van der Waals surface area contributed by atoms with E-state index in [4.69, 9.17) is 11.6 Å². The lowest BCUT2D eigenvalue weighted by molar-refractivity contribution is -0.115. The van der Waals surface area contributed by atoms with Gasteiger partial charge in [0, 0.05) is 33.5 Å². The molecule has 0 spiro atoms. The second kappa shape index (κ2) is 9.23. The van der Waals surface area contributed by atoms with Crippen LogP contribution in [0.5, 0.6) is 0 Å². The van der Waals surface area contributed by atoms with Crippen LogP contribution in [0.4, 0.5) is 10.8 Å². The van der Waals surface area contributed by atoms with Crippen molar-refractivity contribution in [3.8, 4) is 11.3 Å². The van der Waals surface area contributed by atoms with Crippen molar-refractivity contribution in [2.24, 2.45) is 0 Å². The van der Waals surface area contributed by atoms with Gasteiger partial charge < -0.3 is 10.6 Å². The summed E-state index contributed by atoms with van der Waals surface area (Å²) in [7, 11) is 0. The molecule has 0 radical (unpaired) electrons. The highest BCUT2D eigenvalue weighted by molar-refractivity contribution is 8.00. The van der Waals surface area contributed by atoms with Gasteiger partial charge in [-0.1, -0.05) is 23.7 Å². The molecule has 0 fully saturated rings. The number of hydrogen-bond acceptors (Lipinski definition) is 5. The number of anilines is 2. The molecule has 3 rings (SSSR count). The van der Waals surface area contributed by atoms with E-state index in [9.17, 15) is 9.59 Å². The summed E-state index contributed by atoms with van der Waals surface area (Å²) in [6.45, 7) is 3.31. The second-order valence-corrected chi connectivity index (χ2v) is 8.71. The van der Waals surface area contributed by atoms with Crippen LogP contribution in [0, 0.1) is 0 Å². The van der Waals surface area contributed by atoms with Crippen molar-refractivity contribution in [2.75, 3.05) is 10.6 Å². The third-order valence-electron chi connectivity index (χ3n) is 3.73. The standard InChI is InChI=1S/C20H18ClN3O2S2/c1-12(28-17-9-7-16(8-10-17)22-13(2)25)19(26)24-20-23-18(11-27-20)14-3-5-15(21)6-4-14/h3-12H,1-2H3,(H,22,25)(H,23,24,26). The van der Waals surface area contributed by atoms with Gasteiger partial charge >= 0.3 is 0 Å². The maximum absolute atomic E-state index is 12.5. The number of hydrogen-bond donors (Lipinski definition) is 2. The molecule has 1 atom stereocenters. The smallest absolute Gasteiger partial charge is 0.239 e. The third-order valence-corrected chi connectivity index (χ3v) is 5.85. The first-order valence-electron chi connectivity index (χ1n) is 8.47. The fraction of sp³-hybridized carbons (Fsp3) is 0.150. The first-order chi connectivity index (χ1) is 13.4. The highest BCUT2D eigenvalue weighted by atomic mass is 35.5. The molecule has 0 saturated carbocycles. The molecule has 3 aromatic rings. The van der Waals surface area contributed by atoms with E-state index in [1.165, 1.54) is 30.0 Å². The molecule has 2 N–H and O–H groups in total. The minimum Gasteiger partial charge on any atom is -0.326 e. The zero-order chi connectivity index (χ0) is 20.1. The van der Waals surface area contributed by atoms with Gasteiger partial charge in [-0.3, -0.25) is 9.59 Å². The van der Waals surface area contributed by atoms with Crippen LogP contribution in [0.15, 0.2) is 58.8 Å². The van der Waals surface area contributed by atoms with Crippen LogP contribution in [0.25, 0.3) is 11.3 Å². The fourth-order valence-corrected chi connectivity index (χ4v) is 4.09. The van der Waals surface area contributed by atoms with Gasteiger partial charge in [0.2, 0.25) is 11.8 Å². The van der Waals surface area contributed by atoms with Crippen LogP contribution in [0.3, 0.4) is 0 Å². The Labute approximate surface area is 176 Å². The molecule has 1 heterocycles. The lowest BCUT2D eigenvalue weighted by Crippen LogP contribution is -2.22. The largest absolute Gasteiger partial charge is 0.326 e. The maximum Gasteiger partial charge on any atom is 0.239 e. The Morgan fingerprint density at radius 2 is 1.75 bits per heavy atom. The summed E-state index contributed by atoms with van der Waals surface area (Å²) in [6.07, 6.45) is 0. The van der Waals surface area contributed by atoms with Crippen LogP contribution in [0.1, 0.15) is 13.8 Å². The van der Waals surface area contributed by atoms with Crippen molar-refractivity contribution in [3.63, 3.8) is 0 Å². The van der Waals surface area contributed by atoms with Crippen molar-refractivity contribution in [1.82, 2.24) is 4.98 Å². The van der Waals surface area contributed by atoms with E-state index in [1.54, 1.807) is 0 Å². The van der Waals surface area contributed by atoms with Crippen LogP contribution in [-0.4, -0.2) is 22.0 Å².